The van der Waals surface area contributed by atoms with Crippen molar-refractivity contribution in [2.45, 2.75) is 18.9 Å². The van der Waals surface area contributed by atoms with Gasteiger partial charge in [-0.2, -0.15) is 21.6 Å². The first kappa shape index (κ1) is 16.6. The molecule has 0 rings (SSSR count). The molecule has 9 heteroatoms. The summed E-state index contributed by atoms with van der Waals surface area (Å²) in [7, 11) is -5.48. The van der Waals surface area contributed by atoms with E-state index in [9.17, 15) is 21.6 Å². The molecule has 0 aromatic rings. The van der Waals surface area contributed by atoms with Crippen molar-refractivity contribution in [1.29, 1.82) is 0 Å². The van der Waals surface area contributed by atoms with Gasteiger partial charge in [0.1, 0.15) is 0 Å². The quantitative estimate of drug-likeness (QED) is 0.362. The Morgan fingerprint density at radius 1 is 1.00 bits per heavy atom. The summed E-state index contributed by atoms with van der Waals surface area (Å²) < 4.78 is 69.8. The van der Waals surface area contributed by atoms with Gasteiger partial charge in [-0.1, -0.05) is 0 Å². The normalized spacial score (nSPS) is 12.9. The molecule has 0 saturated carbocycles. The number of alkyl halides is 3. The average Bonchev–Trinajstić information content (AvgIpc) is 2.20. The van der Waals surface area contributed by atoms with E-state index in [1.54, 1.807) is 0 Å². The largest absolute Gasteiger partial charge is 0.523 e. The van der Waals surface area contributed by atoms with Crippen LogP contribution in [-0.2, 0) is 23.8 Å². The monoisotopic (exact) mass is 280 g/mol. The van der Waals surface area contributed by atoms with Crippen molar-refractivity contribution in [3.8, 4) is 0 Å². The zero-order valence-corrected chi connectivity index (χ0v) is 10.1. The maximum atomic E-state index is 11.8. The lowest BCUT2D eigenvalue weighted by Gasteiger charge is -2.08. The smallest absolute Gasteiger partial charge is 0.379 e. The molecule has 0 aromatic heterocycles. The molecule has 0 aromatic carbocycles. The Balaban J connectivity index is 3.53. The van der Waals surface area contributed by atoms with Crippen molar-refractivity contribution >= 4 is 10.1 Å². The third kappa shape index (κ3) is 7.53. The highest BCUT2D eigenvalue weighted by atomic mass is 32.2. The van der Waals surface area contributed by atoms with Crippen LogP contribution in [0, 0.1) is 0 Å². The maximum absolute atomic E-state index is 11.8. The van der Waals surface area contributed by atoms with Crippen molar-refractivity contribution in [3.05, 3.63) is 0 Å². The molecule has 0 unspecified atom stereocenters. The first-order valence-electron chi connectivity index (χ1n) is 4.92. The Hall–Kier alpha value is -0.380. The summed E-state index contributed by atoms with van der Waals surface area (Å²) in [5.74, 6) is 0. The van der Waals surface area contributed by atoms with Gasteiger partial charge in [0.05, 0.1) is 19.8 Å². The number of ether oxygens (including phenoxy) is 2. The molecule has 0 N–H and O–H groups in total. The molecule has 5 nitrogen and oxygen atoms in total. The second kappa shape index (κ2) is 7.85. The van der Waals surface area contributed by atoms with Crippen LogP contribution in [0.1, 0.15) is 13.3 Å². The van der Waals surface area contributed by atoms with Crippen LogP contribution in [-0.4, -0.2) is 47.0 Å². The second-order valence-corrected chi connectivity index (χ2v) is 4.49. The molecular formula is C8H15F3O5S. The number of halogens is 3. The van der Waals surface area contributed by atoms with Crippen molar-refractivity contribution in [2.24, 2.45) is 0 Å². The number of rotatable bonds is 9. The van der Waals surface area contributed by atoms with Gasteiger partial charge in [-0.3, -0.25) is 4.18 Å². The lowest BCUT2D eigenvalue weighted by molar-refractivity contribution is -0.0546. The van der Waals surface area contributed by atoms with Crippen LogP contribution >= 0.6 is 0 Å². The molecule has 17 heavy (non-hydrogen) atoms. The van der Waals surface area contributed by atoms with Crippen molar-refractivity contribution in [3.63, 3.8) is 0 Å². The maximum Gasteiger partial charge on any atom is 0.523 e. The zero-order valence-electron chi connectivity index (χ0n) is 9.33. The Bertz CT molecular complexity index is 288. The van der Waals surface area contributed by atoms with E-state index in [4.69, 9.17) is 9.47 Å². The van der Waals surface area contributed by atoms with E-state index in [1.165, 1.54) is 0 Å². The Kier molecular flexibility index (Phi) is 7.68. The molecule has 0 radical (unpaired) electrons. The summed E-state index contributed by atoms with van der Waals surface area (Å²) in [4.78, 5) is 0. The molecule has 104 valence electrons. The SMILES string of the molecule is CCOCCOCCCOS(=O)(=O)C(F)(F)F. The summed E-state index contributed by atoms with van der Waals surface area (Å²) in [5, 5.41) is 0. The van der Waals surface area contributed by atoms with Gasteiger partial charge in [-0.15, -0.1) is 0 Å². The zero-order chi connectivity index (χ0) is 13.4. The van der Waals surface area contributed by atoms with Crippen molar-refractivity contribution in [1.82, 2.24) is 0 Å². The second-order valence-electron chi connectivity index (χ2n) is 2.88. The highest BCUT2D eigenvalue weighted by Gasteiger charge is 2.47. The molecule has 0 heterocycles. The van der Waals surface area contributed by atoms with Gasteiger partial charge in [0.2, 0.25) is 0 Å². The average molecular weight is 280 g/mol. The minimum absolute atomic E-state index is 0.0570. The molecule has 0 saturated heterocycles. The minimum Gasteiger partial charge on any atom is -0.379 e. The van der Waals surface area contributed by atoms with Gasteiger partial charge in [0, 0.05) is 13.2 Å². The molecule has 0 aliphatic rings. The molecule has 0 aliphatic heterocycles. The van der Waals surface area contributed by atoms with Crippen LogP contribution in [0.3, 0.4) is 0 Å². The topological polar surface area (TPSA) is 61.8 Å². The Labute approximate surface area is 98.0 Å². The molecule has 0 fully saturated rings. The van der Waals surface area contributed by atoms with E-state index >= 15 is 0 Å². The van der Waals surface area contributed by atoms with E-state index in [-0.39, 0.29) is 13.0 Å². The molecule has 0 bridgehead atoms. The molecular weight excluding hydrogens is 265 g/mol. The number of hydrogen-bond donors (Lipinski definition) is 0. The van der Waals surface area contributed by atoms with Gasteiger partial charge in [0.25, 0.3) is 0 Å². The highest BCUT2D eigenvalue weighted by molar-refractivity contribution is 7.87. The summed E-state index contributed by atoms with van der Waals surface area (Å²) >= 11 is 0. The predicted molar refractivity (Wildman–Crippen MR) is 52.9 cm³/mol. The third-order valence-electron chi connectivity index (χ3n) is 1.53. The molecule has 0 aliphatic carbocycles. The van der Waals surface area contributed by atoms with E-state index in [1.807, 2.05) is 6.92 Å². The summed E-state index contributed by atoms with van der Waals surface area (Å²) in [6, 6.07) is 0. The fourth-order valence-electron chi connectivity index (χ4n) is 0.761. The van der Waals surface area contributed by atoms with Gasteiger partial charge in [-0.25, -0.2) is 0 Å². The van der Waals surface area contributed by atoms with Crippen LogP contribution in [0.2, 0.25) is 0 Å². The predicted octanol–water partition coefficient (Wildman–Crippen LogP) is 1.30. The summed E-state index contributed by atoms with van der Waals surface area (Å²) in [5.41, 5.74) is -5.37. The highest BCUT2D eigenvalue weighted by Crippen LogP contribution is 2.24. The van der Waals surface area contributed by atoms with Gasteiger partial charge in [-0.05, 0) is 13.3 Å². The van der Waals surface area contributed by atoms with Crippen LogP contribution in [0.5, 0.6) is 0 Å². The van der Waals surface area contributed by atoms with Crippen LogP contribution in [0.25, 0.3) is 0 Å². The van der Waals surface area contributed by atoms with Gasteiger partial charge < -0.3 is 9.47 Å². The van der Waals surface area contributed by atoms with Crippen LogP contribution in [0.4, 0.5) is 13.2 Å². The van der Waals surface area contributed by atoms with E-state index in [0.29, 0.717) is 19.8 Å². The van der Waals surface area contributed by atoms with Gasteiger partial charge in [0.15, 0.2) is 0 Å². The van der Waals surface area contributed by atoms with E-state index in [2.05, 4.69) is 4.18 Å². The number of hydrogen-bond acceptors (Lipinski definition) is 5. The van der Waals surface area contributed by atoms with Crippen molar-refractivity contribution in [2.75, 3.05) is 33.0 Å². The summed E-state index contributed by atoms with van der Waals surface area (Å²) in [6.07, 6.45) is 0.0570. The fourth-order valence-corrected chi connectivity index (χ4v) is 1.23. The fraction of sp³-hybridized carbons (Fsp3) is 1.00. The third-order valence-corrected chi connectivity index (χ3v) is 2.58. The first-order valence-corrected chi connectivity index (χ1v) is 6.33. The molecule has 0 spiro atoms. The van der Waals surface area contributed by atoms with E-state index in [0.717, 1.165) is 0 Å². The minimum atomic E-state index is -5.48. The van der Waals surface area contributed by atoms with Crippen LogP contribution in [0.15, 0.2) is 0 Å². The van der Waals surface area contributed by atoms with Gasteiger partial charge >= 0.3 is 15.6 Å². The standard InChI is InChI=1S/C8H15F3O5S/c1-2-14-6-7-15-4-3-5-16-17(12,13)8(9,10)11/h2-7H2,1H3. The van der Waals surface area contributed by atoms with Crippen molar-refractivity contribution < 1.29 is 35.2 Å². The van der Waals surface area contributed by atoms with Crippen LogP contribution < -0.4 is 0 Å². The first-order chi connectivity index (χ1) is 7.81. The Morgan fingerprint density at radius 3 is 2.12 bits per heavy atom. The lowest BCUT2D eigenvalue weighted by atomic mass is 10.5. The summed E-state index contributed by atoms with van der Waals surface area (Å²) in [6.45, 7) is 2.61. The molecule has 0 atom stereocenters. The Morgan fingerprint density at radius 2 is 1.59 bits per heavy atom. The lowest BCUT2D eigenvalue weighted by Crippen LogP contribution is -2.26. The van der Waals surface area contributed by atoms with E-state index < -0.39 is 22.2 Å². The molecule has 0 amide bonds.